The summed E-state index contributed by atoms with van der Waals surface area (Å²) < 4.78 is 5.03. The molecule has 0 N–H and O–H groups in total. The van der Waals surface area contributed by atoms with E-state index in [2.05, 4.69) is 36.6 Å². The Morgan fingerprint density at radius 3 is 2.62 bits per heavy atom. The van der Waals surface area contributed by atoms with Crippen LogP contribution < -0.4 is 0 Å². The number of nitro benzene ring substituents is 1. The van der Waals surface area contributed by atoms with Crippen molar-refractivity contribution >= 4 is 43.5 Å². The van der Waals surface area contributed by atoms with Gasteiger partial charge < -0.3 is 4.74 Å². The van der Waals surface area contributed by atoms with E-state index in [0.29, 0.717) is 10.0 Å². The van der Waals surface area contributed by atoms with E-state index < -0.39 is 10.9 Å². The second kappa shape index (κ2) is 5.40. The summed E-state index contributed by atoms with van der Waals surface area (Å²) in [6, 6.07) is 2.85. The lowest BCUT2D eigenvalue weighted by Crippen LogP contribution is -2.07. The summed E-state index contributed by atoms with van der Waals surface area (Å²) >= 11 is 6.24. The first-order valence-corrected chi connectivity index (χ1v) is 6.03. The van der Waals surface area contributed by atoms with Crippen LogP contribution in [0.1, 0.15) is 15.9 Å². The van der Waals surface area contributed by atoms with Gasteiger partial charge >= 0.3 is 5.97 Å². The fourth-order valence-corrected chi connectivity index (χ4v) is 2.25. The first kappa shape index (κ1) is 13.1. The highest BCUT2D eigenvalue weighted by atomic mass is 79.9. The molecule has 0 aliphatic carbocycles. The summed E-state index contributed by atoms with van der Waals surface area (Å²) in [7, 11) is 1.23. The molecule has 7 heteroatoms. The summed E-state index contributed by atoms with van der Waals surface area (Å²) in [5.74, 6) is -0.598. The molecule has 0 aromatic heterocycles. The first-order chi connectivity index (χ1) is 7.51. The molecule has 0 heterocycles. The van der Waals surface area contributed by atoms with Crippen molar-refractivity contribution in [3.63, 3.8) is 0 Å². The van der Waals surface area contributed by atoms with Gasteiger partial charge in [0.05, 0.1) is 23.2 Å². The summed E-state index contributed by atoms with van der Waals surface area (Å²) in [5, 5.41) is 11.0. The molecule has 16 heavy (non-hydrogen) atoms. The molecule has 0 unspecified atom stereocenters. The lowest BCUT2D eigenvalue weighted by molar-refractivity contribution is -0.385. The number of nitro groups is 1. The molecule has 0 aliphatic rings. The second-order valence-corrected chi connectivity index (χ2v) is 4.31. The fraction of sp³-hybridized carbons (Fsp3) is 0.222. The Morgan fingerprint density at radius 1 is 1.56 bits per heavy atom. The number of carbonyl (C=O) groups excluding carboxylic acids is 1. The zero-order valence-corrected chi connectivity index (χ0v) is 11.4. The van der Waals surface area contributed by atoms with Crippen LogP contribution in [0.25, 0.3) is 0 Å². The molecule has 5 nitrogen and oxygen atoms in total. The highest BCUT2D eigenvalue weighted by Gasteiger charge is 2.22. The van der Waals surface area contributed by atoms with Crippen molar-refractivity contribution in [2.75, 3.05) is 7.11 Å². The number of alkyl halides is 1. The third-order valence-corrected chi connectivity index (χ3v) is 2.95. The fourth-order valence-electron chi connectivity index (χ4n) is 1.22. The van der Waals surface area contributed by atoms with Gasteiger partial charge in [-0.3, -0.25) is 10.1 Å². The van der Waals surface area contributed by atoms with Gasteiger partial charge in [0.25, 0.3) is 5.69 Å². The van der Waals surface area contributed by atoms with Crippen LogP contribution >= 0.6 is 31.9 Å². The van der Waals surface area contributed by atoms with E-state index in [1.54, 1.807) is 0 Å². The van der Waals surface area contributed by atoms with Crippen molar-refractivity contribution < 1.29 is 14.5 Å². The van der Waals surface area contributed by atoms with Crippen molar-refractivity contribution in [2.45, 2.75) is 5.33 Å². The first-order valence-electron chi connectivity index (χ1n) is 4.12. The zero-order valence-electron chi connectivity index (χ0n) is 8.20. The van der Waals surface area contributed by atoms with Crippen LogP contribution in [-0.4, -0.2) is 18.0 Å². The zero-order chi connectivity index (χ0) is 12.3. The molecule has 0 spiro atoms. The smallest absolute Gasteiger partial charge is 0.338 e. The summed E-state index contributed by atoms with van der Waals surface area (Å²) in [6.07, 6.45) is 0. The van der Waals surface area contributed by atoms with E-state index in [-0.39, 0.29) is 16.6 Å². The molecule has 0 amide bonds. The van der Waals surface area contributed by atoms with Crippen LogP contribution in [0.5, 0.6) is 0 Å². The molecule has 0 saturated heterocycles. The van der Waals surface area contributed by atoms with Gasteiger partial charge in [-0.15, -0.1) is 0 Å². The van der Waals surface area contributed by atoms with Gasteiger partial charge in [-0.1, -0.05) is 31.9 Å². The number of nitrogens with zero attached hydrogens (tertiary/aromatic N) is 1. The Bertz CT molecular complexity index is 447. The SMILES string of the molecule is COC(=O)c1cc(Br)cc([N+](=O)[O-])c1CBr. The topological polar surface area (TPSA) is 69.4 Å². The van der Waals surface area contributed by atoms with Gasteiger partial charge in [0.1, 0.15) is 0 Å². The third kappa shape index (κ3) is 2.59. The maximum Gasteiger partial charge on any atom is 0.338 e. The van der Waals surface area contributed by atoms with Crippen LogP contribution in [-0.2, 0) is 10.1 Å². The maximum absolute atomic E-state index is 11.4. The molecule has 0 aliphatic heterocycles. The largest absolute Gasteiger partial charge is 0.465 e. The molecule has 1 rings (SSSR count). The van der Waals surface area contributed by atoms with Crippen LogP contribution in [0.2, 0.25) is 0 Å². The number of methoxy groups -OCH3 is 1. The minimum Gasteiger partial charge on any atom is -0.465 e. The monoisotopic (exact) mass is 351 g/mol. The quantitative estimate of drug-likeness (QED) is 0.363. The van der Waals surface area contributed by atoms with E-state index in [0.717, 1.165) is 0 Å². The predicted molar refractivity (Wildman–Crippen MR) is 64.8 cm³/mol. The van der Waals surface area contributed by atoms with Crippen molar-refractivity contribution in [3.05, 3.63) is 37.8 Å². The third-order valence-electron chi connectivity index (χ3n) is 1.93. The highest BCUT2D eigenvalue weighted by Crippen LogP contribution is 2.29. The molecule has 0 atom stereocenters. The van der Waals surface area contributed by atoms with Crippen LogP contribution in [0.15, 0.2) is 16.6 Å². The Labute approximate surface area is 108 Å². The minimum absolute atomic E-state index is 0.119. The molecule has 0 radical (unpaired) electrons. The van der Waals surface area contributed by atoms with E-state index >= 15 is 0 Å². The lowest BCUT2D eigenvalue weighted by atomic mass is 10.1. The van der Waals surface area contributed by atoms with Crippen molar-refractivity contribution in [1.29, 1.82) is 0 Å². The average Bonchev–Trinajstić information content (AvgIpc) is 2.26. The summed E-state index contributed by atoms with van der Waals surface area (Å²) in [5.41, 5.74) is 0.368. The van der Waals surface area contributed by atoms with E-state index in [4.69, 9.17) is 0 Å². The Hall–Kier alpha value is -0.950. The number of esters is 1. The molecule has 1 aromatic rings. The van der Waals surface area contributed by atoms with Crippen LogP contribution in [0, 0.1) is 10.1 Å². The van der Waals surface area contributed by atoms with E-state index in [1.165, 1.54) is 19.2 Å². The number of rotatable bonds is 3. The van der Waals surface area contributed by atoms with Gasteiger partial charge in [-0.05, 0) is 6.07 Å². The maximum atomic E-state index is 11.4. The predicted octanol–water partition coefficient (Wildman–Crippen LogP) is 3.04. The molecule has 0 fully saturated rings. The van der Waals surface area contributed by atoms with Gasteiger partial charge in [0.15, 0.2) is 0 Å². The minimum atomic E-state index is -0.598. The van der Waals surface area contributed by atoms with Gasteiger partial charge in [-0.2, -0.15) is 0 Å². The number of ether oxygens (including phenoxy) is 1. The lowest BCUT2D eigenvalue weighted by Gasteiger charge is -2.06. The number of halogens is 2. The molecule has 0 bridgehead atoms. The normalized spacial score (nSPS) is 9.94. The van der Waals surface area contributed by atoms with Crippen LogP contribution in [0.4, 0.5) is 5.69 Å². The molecule has 1 aromatic carbocycles. The highest BCUT2D eigenvalue weighted by molar-refractivity contribution is 9.10. The van der Waals surface area contributed by atoms with Gasteiger partial charge in [-0.25, -0.2) is 4.79 Å². The Morgan fingerprint density at radius 2 is 2.19 bits per heavy atom. The number of benzene rings is 1. The number of hydrogen-bond acceptors (Lipinski definition) is 4. The number of hydrogen-bond donors (Lipinski definition) is 0. The van der Waals surface area contributed by atoms with Crippen LogP contribution in [0.3, 0.4) is 0 Å². The van der Waals surface area contributed by atoms with Crippen molar-refractivity contribution in [2.24, 2.45) is 0 Å². The Kier molecular flexibility index (Phi) is 4.43. The summed E-state index contributed by atoms with van der Waals surface area (Å²) in [6.45, 7) is 0. The molecule has 86 valence electrons. The van der Waals surface area contributed by atoms with Gasteiger partial charge in [0, 0.05) is 15.9 Å². The molecule has 0 saturated carbocycles. The van der Waals surface area contributed by atoms with Crippen molar-refractivity contribution in [1.82, 2.24) is 0 Å². The Balaban J connectivity index is 3.48. The van der Waals surface area contributed by atoms with E-state index in [1.807, 2.05) is 0 Å². The molecular formula is C9H7Br2NO4. The molecular weight excluding hydrogens is 346 g/mol. The van der Waals surface area contributed by atoms with Crippen molar-refractivity contribution in [3.8, 4) is 0 Å². The van der Waals surface area contributed by atoms with E-state index in [9.17, 15) is 14.9 Å². The second-order valence-electron chi connectivity index (χ2n) is 2.83. The summed E-state index contributed by atoms with van der Waals surface area (Å²) in [4.78, 5) is 21.7. The number of carbonyl (C=O) groups is 1. The average molecular weight is 353 g/mol. The van der Waals surface area contributed by atoms with Gasteiger partial charge in [0.2, 0.25) is 0 Å². The standard InChI is InChI=1S/C9H7Br2NO4/c1-16-9(13)6-2-5(11)3-8(12(14)15)7(6)4-10/h2-3H,4H2,1H3.